The summed E-state index contributed by atoms with van der Waals surface area (Å²) in [5.41, 5.74) is 5.11. The third-order valence-electron chi connectivity index (χ3n) is 8.24. The molecule has 0 saturated carbocycles. The van der Waals surface area contributed by atoms with Gasteiger partial charge in [0.25, 0.3) is 0 Å². The summed E-state index contributed by atoms with van der Waals surface area (Å²) in [6.45, 7) is 4.92. The molecule has 1 N–H and O–H groups in total. The Kier molecular flexibility index (Phi) is 11.0. The number of rotatable bonds is 13. The summed E-state index contributed by atoms with van der Waals surface area (Å²) < 4.78 is 26.4. The Morgan fingerprint density at radius 1 is 1.07 bits per heavy atom. The normalized spacial score (nSPS) is 16.4. The lowest BCUT2D eigenvalue weighted by Gasteiger charge is -2.37. The fourth-order valence-electron chi connectivity index (χ4n) is 5.89. The molecule has 3 aromatic carbocycles. The van der Waals surface area contributed by atoms with Gasteiger partial charge in [0.1, 0.15) is 18.0 Å². The molecule has 1 aliphatic heterocycles. The standard InChI is InChI=1S/C35H38BrN3O6/c1-24-20-38(17-15-37)34-29(24)13-10-27(33(34)36)23-45-32-21-39(35(40)41)16-14-30(32)25-8-11-28(12-9-25)44-19-5-18-43-22-26-6-3-4-7-31(26)42-2/h3-4,6-13,20,30,32H,5,14,16-19,21-23H2,1-2H3,(H,40,41). The average molecular weight is 677 g/mol. The highest BCUT2D eigenvalue weighted by atomic mass is 79.9. The van der Waals surface area contributed by atoms with Crippen molar-refractivity contribution >= 4 is 32.9 Å². The maximum Gasteiger partial charge on any atom is 0.407 e. The van der Waals surface area contributed by atoms with E-state index in [1.54, 1.807) is 7.11 Å². The molecule has 1 aliphatic rings. The summed E-state index contributed by atoms with van der Waals surface area (Å²) in [7, 11) is 1.66. The topological polar surface area (TPSA) is 106 Å². The molecule has 0 radical (unpaired) electrons. The summed E-state index contributed by atoms with van der Waals surface area (Å²) in [5, 5.41) is 20.1. The van der Waals surface area contributed by atoms with Gasteiger partial charge in [0.05, 0.1) is 57.8 Å². The summed E-state index contributed by atoms with van der Waals surface area (Å²) in [4.78, 5) is 13.3. The SMILES string of the molecule is COc1ccccc1COCCCOc1ccc(C2CCN(C(=O)O)CC2OCc2ccc3c(C)cn(CC#N)c3c2Br)cc1. The molecule has 2 unspecified atom stereocenters. The molecule has 45 heavy (non-hydrogen) atoms. The fraction of sp³-hybridized carbons (Fsp3) is 0.371. The highest BCUT2D eigenvalue weighted by Gasteiger charge is 2.33. The molecule has 4 aromatic rings. The van der Waals surface area contributed by atoms with Gasteiger partial charge in [-0.2, -0.15) is 5.26 Å². The van der Waals surface area contributed by atoms with E-state index in [2.05, 4.69) is 28.1 Å². The number of hydrogen-bond donors (Lipinski definition) is 1. The summed E-state index contributed by atoms with van der Waals surface area (Å²) in [6.07, 6.45) is 2.13. The van der Waals surface area contributed by atoms with Crippen LogP contribution in [-0.4, -0.2) is 60.2 Å². The largest absolute Gasteiger partial charge is 0.496 e. The zero-order chi connectivity index (χ0) is 31.8. The first-order valence-corrected chi connectivity index (χ1v) is 15.8. The van der Waals surface area contributed by atoms with Gasteiger partial charge >= 0.3 is 6.09 Å². The van der Waals surface area contributed by atoms with Gasteiger partial charge in [-0.1, -0.05) is 42.5 Å². The van der Waals surface area contributed by atoms with Crippen LogP contribution in [0.25, 0.3) is 10.9 Å². The van der Waals surface area contributed by atoms with Crippen LogP contribution in [-0.2, 0) is 29.2 Å². The molecule has 1 amide bonds. The Balaban J connectivity index is 1.18. The van der Waals surface area contributed by atoms with Crippen molar-refractivity contribution in [2.75, 3.05) is 33.4 Å². The number of hydrogen-bond acceptors (Lipinski definition) is 6. The van der Waals surface area contributed by atoms with Crippen molar-refractivity contribution in [3.63, 3.8) is 0 Å². The van der Waals surface area contributed by atoms with Crippen LogP contribution in [0.5, 0.6) is 11.5 Å². The van der Waals surface area contributed by atoms with Crippen molar-refractivity contribution in [3.8, 4) is 17.6 Å². The van der Waals surface area contributed by atoms with Gasteiger partial charge in [0, 0.05) is 40.5 Å². The number of aromatic nitrogens is 1. The Hall–Kier alpha value is -4.04. The molecular weight excluding hydrogens is 638 g/mol. The second-order valence-corrected chi connectivity index (χ2v) is 11.9. The zero-order valence-corrected chi connectivity index (χ0v) is 27.2. The summed E-state index contributed by atoms with van der Waals surface area (Å²) in [5.74, 6) is 1.63. The smallest absolute Gasteiger partial charge is 0.407 e. The van der Waals surface area contributed by atoms with E-state index in [9.17, 15) is 15.2 Å². The van der Waals surface area contributed by atoms with Crippen molar-refractivity contribution in [3.05, 3.63) is 93.6 Å². The van der Waals surface area contributed by atoms with E-state index in [-0.39, 0.29) is 25.1 Å². The number of nitriles is 1. The lowest BCUT2D eigenvalue weighted by molar-refractivity contribution is -0.0201. The molecule has 236 valence electrons. The lowest BCUT2D eigenvalue weighted by Crippen LogP contribution is -2.46. The van der Waals surface area contributed by atoms with E-state index in [4.69, 9.17) is 18.9 Å². The molecular formula is C35H38BrN3O6. The summed E-state index contributed by atoms with van der Waals surface area (Å²) >= 11 is 3.75. The quantitative estimate of drug-likeness (QED) is 0.148. The number of methoxy groups -OCH3 is 1. The Labute approximate surface area is 272 Å². The monoisotopic (exact) mass is 675 g/mol. The van der Waals surface area contributed by atoms with Gasteiger partial charge in [-0.05, 0) is 64.2 Å². The first-order chi connectivity index (χ1) is 21.9. The number of aryl methyl sites for hydroxylation is 1. The number of carboxylic acid groups (broad SMARTS) is 1. The Morgan fingerprint density at radius 2 is 1.87 bits per heavy atom. The van der Waals surface area contributed by atoms with E-state index in [0.717, 1.165) is 55.5 Å². The number of fused-ring (bicyclic) bond motifs is 1. The van der Waals surface area contributed by atoms with Gasteiger partial charge in [-0.3, -0.25) is 0 Å². The molecule has 0 aliphatic carbocycles. The molecule has 9 nitrogen and oxygen atoms in total. The second kappa shape index (κ2) is 15.3. The van der Waals surface area contributed by atoms with Crippen LogP contribution in [0.1, 0.15) is 41.0 Å². The molecule has 2 heterocycles. The third kappa shape index (κ3) is 7.79. The number of halogens is 1. The maximum absolute atomic E-state index is 11.8. The van der Waals surface area contributed by atoms with E-state index >= 15 is 0 Å². The first-order valence-electron chi connectivity index (χ1n) is 15.0. The van der Waals surface area contributed by atoms with E-state index in [1.165, 1.54) is 4.90 Å². The van der Waals surface area contributed by atoms with Gasteiger partial charge in [-0.15, -0.1) is 0 Å². The zero-order valence-electron chi connectivity index (χ0n) is 25.6. The second-order valence-electron chi connectivity index (χ2n) is 11.1. The van der Waals surface area contributed by atoms with Crippen LogP contribution in [0.2, 0.25) is 0 Å². The van der Waals surface area contributed by atoms with E-state index in [0.29, 0.717) is 39.4 Å². The van der Waals surface area contributed by atoms with E-state index < -0.39 is 6.09 Å². The van der Waals surface area contributed by atoms with Gasteiger partial charge in [0.15, 0.2) is 0 Å². The molecule has 1 fully saturated rings. The number of benzene rings is 3. The minimum absolute atomic E-state index is 0.0326. The van der Waals surface area contributed by atoms with Crippen LogP contribution in [0, 0.1) is 18.3 Å². The Bertz CT molecular complexity index is 1650. The number of ether oxygens (including phenoxy) is 4. The minimum Gasteiger partial charge on any atom is -0.496 e. The van der Waals surface area contributed by atoms with Crippen LogP contribution in [0.15, 0.2) is 71.3 Å². The number of carbonyl (C=O) groups is 1. The van der Waals surface area contributed by atoms with Crippen molar-refractivity contribution in [1.82, 2.24) is 9.47 Å². The van der Waals surface area contributed by atoms with Crippen molar-refractivity contribution in [2.45, 2.75) is 51.5 Å². The van der Waals surface area contributed by atoms with Gasteiger partial charge in [-0.25, -0.2) is 4.79 Å². The molecule has 2 atom stereocenters. The molecule has 5 rings (SSSR count). The highest BCUT2D eigenvalue weighted by molar-refractivity contribution is 9.10. The number of para-hydroxylation sites is 1. The Morgan fingerprint density at radius 3 is 2.62 bits per heavy atom. The lowest BCUT2D eigenvalue weighted by atomic mass is 9.87. The molecule has 1 aromatic heterocycles. The van der Waals surface area contributed by atoms with Crippen molar-refractivity contribution in [2.24, 2.45) is 0 Å². The average Bonchev–Trinajstić information content (AvgIpc) is 3.38. The predicted octanol–water partition coefficient (Wildman–Crippen LogP) is 7.28. The van der Waals surface area contributed by atoms with Crippen LogP contribution in [0.4, 0.5) is 4.79 Å². The highest BCUT2D eigenvalue weighted by Crippen LogP contribution is 2.35. The van der Waals surface area contributed by atoms with Crippen molar-refractivity contribution < 1.29 is 28.8 Å². The molecule has 1 saturated heterocycles. The van der Waals surface area contributed by atoms with Gasteiger partial charge in [0.2, 0.25) is 0 Å². The molecule has 0 spiro atoms. The summed E-state index contributed by atoms with van der Waals surface area (Å²) in [6, 6.07) is 22.1. The molecule has 0 bridgehead atoms. The third-order valence-corrected chi connectivity index (χ3v) is 9.13. The number of likely N-dealkylation sites (tertiary alicyclic amines) is 1. The molecule has 10 heteroatoms. The van der Waals surface area contributed by atoms with Crippen LogP contribution >= 0.6 is 15.9 Å². The first kappa shape index (κ1) is 32.4. The maximum atomic E-state index is 11.8. The van der Waals surface area contributed by atoms with E-state index in [1.807, 2.05) is 72.3 Å². The fourth-order valence-corrected chi connectivity index (χ4v) is 6.58. The van der Waals surface area contributed by atoms with Crippen molar-refractivity contribution in [1.29, 1.82) is 5.26 Å². The minimum atomic E-state index is -0.940. The van der Waals surface area contributed by atoms with Crippen LogP contribution in [0.3, 0.4) is 0 Å². The predicted molar refractivity (Wildman–Crippen MR) is 175 cm³/mol. The van der Waals surface area contributed by atoms with Crippen LogP contribution < -0.4 is 9.47 Å². The number of amides is 1. The van der Waals surface area contributed by atoms with Gasteiger partial charge < -0.3 is 33.5 Å². The number of piperidine rings is 1. The number of nitrogens with zero attached hydrogens (tertiary/aromatic N) is 3.